The van der Waals surface area contributed by atoms with E-state index in [1.807, 2.05) is 17.5 Å². The zero-order chi connectivity index (χ0) is 6.69. The number of hydrogen-bond donors (Lipinski definition) is 0. The molecule has 0 amide bonds. The van der Waals surface area contributed by atoms with Crippen molar-refractivity contribution in [2.75, 3.05) is 0 Å². The molecule has 1 unspecified atom stereocenters. The van der Waals surface area contributed by atoms with Crippen molar-refractivity contribution in [3.8, 4) is 0 Å². The molecule has 0 aliphatic carbocycles. The van der Waals surface area contributed by atoms with Gasteiger partial charge in [-0.2, -0.15) is 0 Å². The molecule has 1 heterocycles. The van der Waals surface area contributed by atoms with Gasteiger partial charge >= 0.3 is 0 Å². The second-order valence-corrected chi connectivity index (χ2v) is 2.77. The molecule has 48 valence electrons. The molecule has 1 nitrogen and oxygen atoms in total. The van der Waals surface area contributed by atoms with Gasteiger partial charge in [-0.05, 0) is 17.9 Å². The average molecular weight is 140 g/mol. The molecule has 0 spiro atoms. The van der Waals surface area contributed by atoms with Crippen LogP contribution in [0.25, 0.3) is 0 Å². The monoisotopic (exact) mass is 140 g/mol. The molecule has 0 saturated carbocycles. The van der Waals surface area contributed by atoms with E-state index in [4.69, 9.17) is 0 Å². The predicted octanol–water partition coefficient (Wildman–Crippen LogP) is 2.44. The lowest BCUT2D eigenvalue weighted by atomic mass is 10.2. The number of hydrogen-bond acceptors (Lipinski definition) is 1. The first-order valence-electron chi connectivity index (χ1n) is 2.83. The van der Waals surface area contributed by atoms with Gasteiger partial charge in [-0.3, -0.25) is 0 Å². The third-order valence-electron chi connectivity index (χ3n) is 1.12. The third kappa shape index (κ3) is 1.53. The van der Waals surface area contributed by atoms with Crippen LogP contribution in [-0.4, -0.2) is 0 Å². The van der Waals surface area contributed by atoms with Crippen LogP contribution < -0.4 is 0 Å². The van der Waals surface area contributed by atoms with E-state index in [1.165, 1.54) is 11.3 Å². The third-order valence-corrected chi connectivity index (χ3v) is 2.09. The van der Waals surface area contributed by atoms with E-state index in [0.717, 1.165) is 4.88 Å². The zero-order valence-corrected chi connectivity index (χ0v) is 5.86. The van der Waals surface area contributed by atoms with Crippen LogP contribution in [0.5, 0.6) is 0 Å². The van der Waals surface area contributed by atoms with Gasteiger partial charge in [0.2, 0.25) is 0 Å². The molecule has 0 aliphatic heterocycles. The fraction of sp³-hybridized carbons (Fsp3) is 0.286. The summed E-state index contributed by atoms with van der Waals surface area (Å²) in [5.74, 6) is 0. The molecule has 2 radical (unpaired) electrons. The fourth-order valence-corrected chi connectivity index (χ4v) is 1.36. The van der Waals surface area contributed by atoms with Crippen LogP contribution in [0.2, 0.25) is 0 Å². The summed E-state index contributed by atoms with van der Waals surface area (Å²) in [5.41, 5.74) is 0. The topological polar surface area (TPSA) is 19.9 Å². The summed E-state index contributed by atoms with van der Waals surface area (Å²) >= 11 is 1.50. The molecule has 9 heavy (non-hydrogen) atoms. The van der Waals surface area contributed by atoms with Crippen LogP contribution in [0.3, 0.4) is 0 Å². The van der Waals surface area contributed by atoms with Crippen molar-refractivity contribution >= 4 is 11.3 Å². The molecule has 1 rings (SSSR count). The van der Waals surface area contributed by atoms with Gasteiger partial charge < -0.3 is 0 Å². The maximum absolute atomic E-state index is 10.9. The SMILES string of the molecule is [CH2]CC([O])c1cccs1. The molecule has 2 heteroatoms. The Balaban J connectivity index is 2.65. The van der Waals surface area contributed by atoms with Crippen LogP contribution in [-0.2, 0) is 5.11 Å². The second kappa shape index (κ2) is 2.99. The van der Waals surface area contributed by atoms with Crippen LogP contribution in [0.4, 0.5) is 0 Å². The normalized spacial score (nSPS) is 13.6. The summed E-state index contributed by atoms with van der Waals surface area (Å²) < 4.78 is 0. The minimum atomic E-state index is -0.606. The minimum absolute atomic E-state index is 0.445. The summed E-state index contributed by atoms with van der Waals surface area (Å²) in [6, 6.07) is 3.74. The van der Waals surface area contributed by atoms with E-state index in [9.17, 15) is 5.11 Å². The fourth-order valence-electron chi connectivity index (χ4n) is 0.617. The van der Waals surface area contributed by atoms with Crippen LogP contribution in [0, 0.1) is 6.92 Å². The summed E-state index contributed by atoms with van der Waals surface area (Å²) in [5, 5.41) is 12.8. The molecule has 0 bridgehead atoms. The quantitative estimate of drug-likeness (QED) is 0.601. The van der Waals surface area contributed by atoms with Crippen molar-refractivity contribution < 1.29 is 5.11 Å². The highest BCUT2D eigenvalue weighted by atomic mass is 32.1. The van der Waals surface area contributed by atoms with E-state index in [0.29, 0.717) is 6.42 Å². The van der Waals surface area contributed by atoms with Crippen molar-refractivity contribution in [1.82, 2.24) is 0 Å². The average Bonchev–Trinajstić information content (AvgIpc) is 2.37. The van der Waals surface area contributed by atoms with Gasteiger partial charge in [-0.25, -0.2) is 5.11 Å². The molecule has 1 atom stereocenters. The highest BCUT2D eigenvalue weighted by Gasteiger charge is 2.05. The minimum Gasteiger partial charge on any atom is -0.227 e. The lowest BCUT2D eigenvalue weighted by Crippen LogP contribution is -1.87. The van der Waals surface area contributed by atoms with E-state index in [1.54, 1.807) is 0 Å². The molecule has 0 aromatic carbocycles. The second-order valence-electron chi connectivity index (χ2n) is 1.79. The van der Waals surface area contributed by atoms with Crippen molar-refractivity contribution in [3.05, 3.63) is 29.3 Å². The Hall–Kier alpha value is -0.340. The Kier molecular flexibility index (Phi) is 2.25. The Labute approximate surface area is 59.0 Å². The summed E-state index contributed by atoms with van der Waals surface area (Å²) in [4.78, 5) is 0.894. The Morgan fingerprint density at radius 2 is 2.56 bits per heavy atom. The van der Waals surface area contributed by atoms with Crippen LogP contribution in [0.1, 0.15) is 17.4 Å². The largest absolute Gasteiger partial charge is 0.227 e. The van der Waals surface area contributed by atoms with Crippen LogP contribution in [0.15, 0.2) is 17.5 Å². The predicted molar refractivity (Wildman–Crippen MR) is 37.7 cm³/mol. The zero-order valence-electron chi connectivity index (χ0n) is 5.04. The molecule has 0 fully saturated rings. The standard InChI is InChI=1S/C7H8OS/c1-2-6(8)7-4-3-5-9-7/h3-6H,1-2H2. The Morgan fingerprint density at radius 3 is 3.00 bits per heavy atom. The van der Waals surface area contributed by atoms with Crippen molar-refractivity contribution in [3.63, 3.8) is 0 Å². The molecular weight excluding hydrogens is 132 g/mol. The number of thiophene rings is 1. The molecule has 1 aromatic rings. The maximum atomic E-state index is 10.9. The summed E-state index contributed by atoms with van der Waals surface area (Å²) in [7, 11) is 0. The van der Waals surface area contributed by atoms with Crippen molar-refractivity contribution in [2.24, 2.45) is 0 Å². The molecular formula is C7H8OS. The van der Waals surface area contributed by atoms with Gasteiger partial charge in [0.1, 0.15) is 6.10 Å². The van der Waals surface area contributed by atoms with Gasteiger partial charge in [0.25, 0.3) is 0 Å². The molecule has 1 aromatic heterocycles. The lowest BCUT2D eigenvalue weighted by Gasteiger charge is -1.97. The number of rotatable bonds is 2. The first kappa shape index (κ1) is 6.78. The van der Waals surface area contributed by atoms with Gasteiger partial charge in [0.05, 0.1) is 0 Å². The lowest BCUT2D eigenvalue weighted by molar-refractivity contribution is 0.0944. The first-order valence-corrected chi connectivity index (χ1v) is 3.71. The van der Waals surface area contributed by atoms with Gasteiger partial charge in [0, 0.05) is 4.88 Å². The van der Waals surface area contributed by atoms with E-state index in [-0.39, 0.29) is 0 Å². The van der Waals surface area contributed by atoms with Crippen molar-refractivity contribution in [1.29, 1.82) is 0 Å². The Morgan fingerprint density at radius 1 is 1.78 bits per heavy atom. The molecule has 0 aliphatic rings. The Bertz CT molecular complexity index is 157. The molecule has 0 N–H and O–H groups in total. The van der Waals surface area contributed by atoms with Gasteiger partial charge in [-0.15, -0.1) is 11.3 Å². The van der Waals surface area contributed by atoms with Gasteiger partial charge in [-0.1, -0.05) is 13.0 Å². The van der Waals surface area contributed by atoms with E-state index in [2.05, 4.69) is 6.92 Å². The highest BCUT2D eigenvalue weighted by Crippen LogP contribution is 2.21. The van der Waals surface area contributed by atoms with E-state index >= 15 is 0 Å². The smallest absolute Gasteiger partial charge is 0.127 e. The molecule has 0 saturated heterocycles. The van der Waals surface area contributed by atoms with Gasteiger partial charge in [0.15, 0.2) is 0 Å². The summed E-state index contributed by atoms with van der Waals surface area (Å²) in [6.45, 7) is 3.54. The maximum Gasteiger partial charge on any atom is 0.127 e. The van der Waals surface area contributed by atoms with Crippen molar-refractivity contribution in [2.45, 2.75) is 12.5 Å². The highest BCUT2D eigenvalue weighted by molar-refractivity contribution is 7.10. The van der Waals surface area contributed by atoms with E-state index < -0.39 is 6.10 Å². The van der Waals surface area contributed by atoms with Crippen LogP contribution >= 0.6 is 11.3 Å². The first-order chi connectivity index (χ1) is 4.34. The summed E-state index contributed by atoms with van der Waals surface area (Å²) in [6.07, 6.45) is -0.162.